The summed E-state index contributed by atoms with van der Waals surface area (Å²) < 4.78 is 14.4. The molecule has 2 aromatic rings. The second kappa shape index (κ2) is 7.64. The molecular formula is C20H23FN2O2. The summed E-state index contributed by atoms with van der Waals surface area (Å²) in [5, 5.41) is 0. The molecule has 0 aliphatic carbocycles. The van der Waals surface area contributed by atoms with Gasteiger partial charge in [-0.25, -0.2) is 4.39 Å². The van der Waals surface area contributed by atoms with Crippen LogP contribution in [0.4, 0.5) is 4.39 Å². The van der Waals surface area contributed by atoms with Gasteiger partial charge in [-0.15, -0.1) is 0 Å². The predicted molar refractivity (Wildman–Crippen MR) is 95.0 cm³/mol. The zero-order chi connectivity index (χ0) is 17.8. The molecule has 5 heteroatoms. The summed E-state index contributed by atoms with van der Waals surface area (Å²) in [6.45, 7) is 1.38. The number of hydrogen-bond donors (Lipinski definition) is 0. The summed E-state index contributed by atoms with van der Waals surface area (Å²) in [5.74, 6) is 0.0191. The summed E-state index contributed by atoms with van der Waals surface area (Å²) in [5.41, 5.74) is 1.10. The van der Waals surface area contributed by atoms with Crippen molar-refractivity contribution < 1.29 is 9.18 Å². The highest BCUT2D eigenvalue weighted by atomic mass is 19.1. The molecule has 3 rings (SSSR count). The van der Waals surface area contributed by atoms with Gasteiger partial charge >= 0.3 is 0 Å². The number of carbonyl (C=O) groups is 1. The number of aromatic nitrogens is 1. The number of piperidine rings is 1. The molecule has 1 amide bonds. The van der Waals surface area contributed by atoms with E-state index < -0.39 is 0 Å². The second-order valence-electron chi connectivity index (χ2n) is 6.76. The molecule has 0 saturated carbocycles. The minimum atomic E-state index is -0.249. The summed E-state index contributed by atoms with van der Waals surface area (Å²) >= 11 is 0. The smallest absolute Gasteiger partial charge is 0.263 e. The van der Waals surface area contributed by atoms with Crippen LogP contribution in [0.1, 0.15) is 35.2 Å². The Labute approximate surface area is 146 Å². The molecule has 0 N–H and O–H groups in total. The number of aryl methyl sites for hydroxylation is 2. The monoisotopic (exact) mass is 342 g/mol. The first-order chi connectivity index (χ1) is 12.0. The van der Waals surface area contributed by atoms with Gasteiger partial charge < -0.3 is 9.47 Å². The van der Waals surface area contributed by atoms with Gasteiger partial charge in [-0.2, -0.15) is 0 Å². The molecule has 1 aromatic carbocycles. The summed E-state index contributed by atoms with van der Waals surface area (Å²) in [7, 11) is 1.65. The van der Waals surface area contributed by atoms with E-state index in [1.165, 1.54) is 16.7 Å². The quantitative estimate of drug-likeness (QED) is 0.857. The van der Waals surface area contributed by atoms with E-state index in [2.05, 4.69) is 0 Å². The number of halogens is 1. The molecule has 0 radical (unpaired) electrons. The lowest BCUT2D eigenvalue weighted by Crippen LogP contribution is -2.42. The Morgan fingerprint density at radius 3 is 2.76 bits per heavy atom. The van der Waals surface area contributed by atoms with Gasteiger partial charge in [0.2, 0.25) is 0 Å². The summed E-state index contributed by atoms with van der Waals surface area (Å²) in [6.07, 6.45) is 5.52. The molecule has 1 aromatic heterocycles. The van der Waals surface area contributed by atoms with E-state index in [0.29, 0.717) is 19.0 Å². The molecule has 0 bridgehead atoms. The lowest BCUT2D eigenvalue weighted by atomic mass is 9.91. The standard InChI is InChI=1S/C20H23FN2O2/c1-22-12-3-5-18(19(22)24)20(25)23-13-2-4-16(14-23)7-6-15-8-10-17(21)11-9-15/h3,5,8-12,16H,2,4,6-7,13-14H2,1H3/t16-/m1/s1. The van der Waals surface area contributed by atoms with Gasteiger partial charge in [0.1, 0.15) is 11.4 Å². The van der Waals surface area contributed by atoms with Crippen molar-refractivity contribution in [3.8, 4) is 0 Å². The third-order valence-electron chi connectivity index (χ3n) is 4.91. The topological polar surface area (TPSA) is 42.3 Å². The van der Waals surface area contributed by atoms with E-state index in [1.807, 2.05) is 12.1 Å². The Hall–Kier alpha value is -2.43. The van der Waals surface area contributed by atoms with Gasteiger partial charge in [0.15, 0.2) is 0 Å². The lowest BCUT2D eigenvalue weighted by molar-refractivity contribution is 0.0666. The van der Waals surface area contributed by atoms with E-state index in [9.17, 15) is 14.0 Å². The molecule has 0 unspecified atom stereocenters. The van der Waals surface area contributed by atoms with Crippen molar-refractivity contribution in [2.24, 2.45) is 13.0 Å². The highest BCUT2D eigenvalue weighted by Crippen LogP contribution is 2.22. The van der Waals surface area contributed by atoms with E-state index in [4.69, 9.17) is 0 Å². The maximum Gasteiger partial charge on any atom is 0.263 e. The zero-order valence-corrected chi connectivity index (χ0v) is 14.5. The van der Waals surface area contributed by atoms with Crippen LogP contribution in [0.2, 0.25) is 0 Å². The van der Waals surface area contributed by atoms with Crippen LogP contribution in [0.5, 0.6) is 0 Å². The Morgan fingerprint density at radius 2 is 2.00 bits per heavy atom. The van der Waals surface area contributed by atoms with Gasteiger partial charge in [0.05, 0.1) is 0 Å². The van der Waals surface area contributed by atoms with Crippen LogP contribution in [0.15, 0.2) is 47.4 Å². The number of likely N-dealkylation sites (tertiary alicyclic amines) is 1. The van der Waals surface area contributed by atoms with Crippen molar-refractivity contribution in [3.05, 3.63) is 69.9 Å². The average Bonchev–Trinajstić information content (AvgIpc) is 2.63. The van der Waals surface area contributed by atoms with Crippen LogP contribution in [0.25, 0.3) is 0 Å². The SMILES string of the molecule is Cn1cccc(C(=O)N2CCC[C@H](CCc3ccc(F)cc3)C2)c1=O. The molecule has 25 heavy (non-hydrogen) atoms. The first kappa shape index (κ1) is 17.4. The largest absolute Gasteiger partial charge is 0.338 e. The van der Waals surface area contributed by atoms with Gasteiger partial charge in [-0.05, 0) is 61.4 Å². The minimum Gasteiger partial charge on any atom is -0.338 e. The number of amides is 1. The maximum absolute atomic E-state index is 13.0. The number of hydrogen-bond acceptors (Lipinski definition) is 2. The molecule has 1 atom stereocenters. The maximum atomic E-state index is 13.0. The number of nitrogens with zero attached hydrogens (tertiary/aromatic N) is 2. The third-order valence-corrected chi connectivity index (χ3v) is 4.91. The number of rotatable bonds is 4. The van der Waals surface area contributed by atoms with Crippen LogP contribution in [0, 0.1) is 11.7 Å². The molecule has 2 heterocycles. The molecule has 4 nitrogen and oxygen atoms in total. The molecule has 1 fully saturated rings. The highest BCUT2D eigenvalue weighted by molar-refractivity contribution is 5.93. The van der Waals surface area contributed by atoms with Gasteiger partial charge in [0, 0.05) is 26.3 Å². The van der Waals surface area contributed by atoms with Crippen molar-refractivity contribution in [2.75, 3.05) is 13.1 Å². The average molecular weight is 342 g/mol. The Morgan fingerprint density at radius 1 is 1.24 bits per heavy atom. The lowest BCUT2D eigenvalue weighted by Gasteiger charge is -2.32. The Bertz CT molecular complexity index is 798. The van der Waals surface area contributed by atoms with Crippen molar-refractivity contribution >= 4 is 5.91 Å². The van der Waals surface area contributed by atoms with Crippen molar-refractivity contribution in [1.29, 1.82) is 0 Å². The minimum absolute atomic E-state index is 0.173. The third kappa shape index (κ3) is 4.16. The fraction of sp³-hybridized carbons (Fsp3) is 0.400. The van der Waals surface area contributed by atoms with Crippen LogP contribution in [-0.2, 0) is 13.5 Å². The zero-order valence-electron chi connectivity index (χ0n) is 14.5. The van der Waals surface area contributed by atoms with E-state index in [0.717, 1.165) is 31.2 Å². The van der Waals surface area contributed by atoms with Gasteiger partial charge in [-0.1, -0.05) is 12.1 Å². The Balaban J connectivity index is 1.62. The fourth-order valence-electron chi connectivity index (χ4n) is 3.44. The molecule has 0 spiro atoms. The molecule has 1 aliphatic heterocycles. The van der Waals surface area contributed by atoms with Crippen LogP contribution in [-0.4, -0.2) is 28.5 Å². The number of carbonyl (C=O) groups excluding carboxylic acids is 1. The van der Waals surface area contributed by atoms with E-state index in [1.54, 1.807) is 30.3 Å². The Kier molecular flexibility index (Phi) is 5.31. The normalized spacial score (nSPS) is 17.5. The fourth-order valence-corrected chi connectivity index (χ4v) is 3.44. The van der Waals surface area contributed by atoms with Gasteiger partial charge in [0.25, 0.3) is 11.5 Å². The first-order valence-corrected chi connectivity index (χ1v) is 8.74. The first-order valence-electron chi connectivity index (χ1n) is 8.74. The second-order valence-corrected chi connectivity index (χ2v) is 6.76. The molecule has 1 aliphatic rings. The predicted octanol–water partition coefficient (Wildman–Crippen LogP) is 3.01. The van der Waals surface area contributed by atoms with Crippen LogP contribution < -0.4 is 5.56 Å². The number of benzene rings is 1. The molecular weight excluding hydrogens is 319 g/mol. The van der Waals surface area contributed by atoms with Crippen LogP contribution in [0.3, 0.4) is 0 Å². The van der Waals surface area contributed by atoms with E-state index >= 15 is 0 Å². The van der Waals surface area contributed by atoms with Crippen molar-refractivity contribution in [3.63, 3.8) is 0 Å². The van der Waals surface area contributed by atoms with Crippen molar-refractivity contribution in [1.82, 2.24) is 9.47 Å². The summed E-state index contributed by atoms with van der Waals surface area (Å²) in [6, 6.07) is 9.93. The molecule has 1 saturated heterocycles. The van der Waals surface area contributed by atoms with Crippen molar-refractivity contribution in [2.45, 2.75) is 25.7 Å². The molecule has 132 valence electrons. The van der Waals surface area contributed by atoms with Crippen LogP contribution >= 0.6 is 0 Å². The van der Waals surface area contributed by atoms with Gasteiger partial charge in [-0.3, -0.25) is 9.59 Å². The highest BCUT2D eigenvalue weighted by Gasteiger charge is 2.25. The van der Waals surface area contributed by atoms with E-state index in [-0.39, 0.29) is 22.8 Å². The number of pyridine rings is 1. The summed E-state index contributed by atoms with van der Waals surface area (Å²) in [4.78, 5) is 26.7.